The second kappa shape index (κ2) is 8.78. The average molecular weight is 399 g/mol. The number of hydrogen-bond acceptors (Lipinski definition) is 2. The molecule has 28 heavy (non-hydrogen) atoms. The lowest BCUT2D eigenvalue weighted by Crippen LogP contribution is -2.50. The monoisotopic (exact) mass is 398 g/mol. The number of nitrogens with one attached hydrogen (secondary N) is 2. The van der Waals surface area contributed by atoms with Gasteiger partial charge in [0.25, 0.3) is 5.91 Å². The van der Waals surface area contributed by atoms with Crippen molar-refractivity contribution < 1.29 is 9.59 Å². The number of carbonyl (C=O) groups excluding carboxylic acids is 2. The normalized spacial score (nSPS) is 15.8. The van der Waals surface area contributed by atoms with Gasteiger partial charge in [0, 0.05) is 0 Å². The Hall–Kier alpha value is -2.33. The standard InChI is InChI=1S/C23H27ClN2O2/c1-14(2)20(25-22(27)18-6-4-5-7-19(18)24)23(28)26-21(17-12-13-17)16-10-8-15(3)9-11-16/h4-11,14,17,20-21H,12-13H2,1-3H3,(H,25,27)(H,26,28)/t20-,21?/m0/s1. The first kappa shape index (κ1) is 20.4. The lowest BCUT2D eigenvalue weighted by Gasteiger charge is -2.26. The minimum atomic E-state index is -0.629. The Morgan fingerprint density at radius 1 is 1.00 bits per heavy atom. The van der Waals surface area contributed by atoms with Gasteiger partial charge >= 0.3 is 0 Å². The summed E-state index contributed by atoms with van der Waals surface area (Å²) in [6.45, 7) is 5.90. The summed E-state index contributed by atoms with van der Waals surface area (Å²) in [5.74, 6) is -0.0892. The zero-order valence-electron chi connectivity index (χ0n) is 16.5. The molecule has 0 bridgehead atoms. The molecule has 1 unspecified atom stereocenters. The molecule has 0 radical (unpaired) electrons. The summed E-state index contributed by atoms with van der Waals surface area (Å²) < 4.78 is 0. The fourth-order valence-corrected chi connectivity index (χ4v) is 3.54. The summed E-state index contributed by atoms with van der Waals surface area (Å²) >= 11 is 6.13. The maximum Gasteiger partial charge on any atom is 0.253 e. The van der Waals surface area contributed by atoms with Crippen LogP contribution in [0.2, 0.25) is 5.02 Å². The molecule has 3 rings (SSSR count). The first-order valence-electron chi connectivity index (χ1n) is 9.79. The first-order valence-corrected chi connectivity index (χ1v) is 10.2. The maximum absolute atomic E-state index is 13.1. The van der Waals surface area contributed by atoms with Gasteiger partial charge in [0.05, 0.1) is 16.6 Å². The van der Waals surface area contributed by atoms with Crippen LogP contribution < -0.4 is 10.6 Å². The van der Waals surface area contributed by atoms with E-state index in [4.69, 9.17) is 11.6 Å². The van der Waals surface area contributed by atoms with Crippen LogP contribution in [-0.2, 0) is 4.79 Å². The third kappa shape index (κ3) is 4.93. The number of aryl methyl sites for hydroxylation is 1. The van der Waals surface area contributed by atoms with Gasteiger partial charge in [-0.05, 0) is 49.3 Å². The number of hydrogen-bond donors (Lipinski definition) is 2. The third-order valence-electron chi connectivity index (χ3n) is 5.18. The molecule has 2 atom stereocenters. The van der Waals surface area contributed by atoms with E-state index in [0.29, 0.717) is 16.5 Å². The number of halogens is 1. The fourth-order valence-electron chi connectivity index (χ4n) is 3.32. The molecule has 0 saturated heterocycles. The minimum Gasteiger partial charge on any atom is -0.347 e. The smallest absolute Gasteiger partial charge is 0.253 e. The highest BCUT2D eigenvalue weighted by atomic mass is 35.5. The van der Waals surface area contributed by atoms with E-state index < -0.39 is 6.04 Å². The Kier molecular flexibility index (Phi) is 6.40. The molecule has 148 valence electrons. The van der Waals surface area contributed by atoms with Crippen LogP contribution in [0.5, 0.6) is 0 Å². The van der Waals surface area contributed by atoms with Crippen molar-refractivity contribution in [2.75, 3.05) is 0 Å². The molecular weight excluding hydrogens is 372 g/mol. The summed E-state index contributed by atoms with van der Waals surface area (Å²) in [4.78, 5) is 25.7. The van der Waals surface area contributed by atoms with Gasteiger partial charge in [-0.1, -0.05) is 67.4 Å². The molecule has 5 heteroatoms. The molecule has 2 amide bonds. The topological polar surface area (TPSA) is 58.2 Å². The third-order valence-corrected chi connectivity index (χ3v) is 5.51. The van der Waals surface area contributed by atoms with Gasteiger partial charge in [0.1, 0.15) is 6.04 Å². The molecule has 1 fully saturated rings. The lowest BCUT2D eigenvalue weighted by molar-refractivity contribution is -0.124. The molecule has 4 nitrogen and oxygen atoms in total. The SMILES string of the molecule is Cc1ccc(C(NC(=O)[C@@H](NC(=O)c2ccccc2Cl)C(C)C)C2CC2)cc1. The predicted molar refractivity (Wildman–Crippen MR) is 112 cm³/mol. The molecule has 0 aliphatic heterocycles. The molecule has 2 N–H and O–H groups in total. The molecule has 1 aliphatic carbocycles. The summed E-state index contributed by atoms with van der Waals surface area (Å²) in [5, 5.41) is 6.42. The van der Waals surface area contributed by atoms with Gasteiger partial charge in [-0.15, -0.1) is 0 Å². The number of carbonyl (C=O) groups is 2. The molecular formula is C23H27ClN2O2. The first-order chi connectivity index (χ1) is 13.4. The molecule has 1 aliphatic rings. The minimum absolute atomic E-state index is 0.0217. The molecule has 2 aromatic rings. The second-order valence-electron chi connectivity index (χ2n) is 7.91. The van der Waals surface area contributed by atoms with Crippen LogP contribution >= 0.6 is 11.6 Å². The summed E-state index contributed by atoms with van der Waals surface area (Å²) in [6, 6.07) is 14.5. The number of benzene rings is 2. The Balaban J connectivity index is 1.74. The van der Waals surface area contributed by atoms with Crippen molar-refractivity contribution in [1.29, 1.82) is 0 Å². The van der Waals surface area contributed by atoms with Crippen molar-refractivity contribution in [1.82, 2.24) is 10.6 Å². The molecule has 0 spiro atoms. The molecule has 1 saturated carbocycles. The van der Waals surface area contributed by atoms with E-state index in [1.807, 2.05) is 20.8 Å². The largest absolute Gasteiger partial charge is 0.347 e. The van der Waals surface area contributed by atoms with Crippen molar-refractivity contribution in [2.24, 2.45) is 11.8 Å². The zero-order valence-corrected chi connectivity index (χ0v) is 17.3. The lowest BCUT2D eigenvalue weighted by atomic mass is 9.98. The quantitative estimate of drug-likeness (QED) is 0.711. The van der Waals surface area contributed by atoms with Crippen LogP contribution in [-0.4, -0.2) is 17.9 Å². The molecule has 0 heterocycles. The summed E-state index contributed by atoms with van der Waals surface area (Å²) in [5.41, 5.74) is 2.68. The van der Waals surface area contributed by atoms with E-state index in [0.717, 1.165) is 18.4 Å². The number of rotatable bonds is 7. The van der Waals surface area contributed by atoms with Crippen molar-refractivity contribution in [2.45, 2.75) is 45.7 Å². The van der Waals surface area contributed by atoms with Gasteiger partial charge in [0.2, 0.25) is 5.91 Å². The fraction of sp³-hybridized carbons (Fsp3) is 0.391. The van der Waals surface area contributed by atoms with E-state index in [1.165, 1.54) is 5.56 Å². The average Bonchev–Trinajstić information content (AvgIpc) is 3.50. The van der Waals surface area contributed by atoms with Crippen molar-refractivity contribution in [3.63, 3.8) is 0 Å². The van der Waals surface area contributed by atoms with Gasteiger partial charge in [0.15, 0.2) is 0 Å². The van der Waals surface area contributed by atoms with E-state index in [2.05, 4.69) is 34.9 Å². The van der Waals surface area contributed by atoms with Crippen LogP contribution in [0.1, 0.15) is 54.2 Å². The van der Waals surface area contributed by atoms with Crippen molar-refractivity contribution >= 4 is 23.4 Å². The highest BCUT2D eigenvalue weighted by Gasteiger charge is 2.35. The van der Waals surface area contributed by atoms with E-state index in [1.54, 1.807) is 24.3 Å². The highest BCUT2D eigenvalue weighted by molar-refractivity contribution is 6.33. The molecule has 0 aromatic heterocycles. The van der Waals surface area contributed by atoms with Crippen LogP contribution in [0.4, 0.5) is 0 Å². The highest BCUT2D eigenvalue weighted by Crippen LogP contribution is 2.41. The Morgan fingerprint density at radius 3 is 2.21 bits per heavy atom. The van der Waals surface area contributed by atoms with Gasteiger partial charge in [-0.2, -0.15) is 0 Å². The van der Waals surface area contributed by atoms with E-state index in [-0.39, 0.29) is 23.8 Å². The van der Waals surface area contributed by atoms with Crippen molar-refractivity contribution in [3.8, 4) is 0 Å². The molecule has 2 aromatic carbocycles. The summed E-state index contributed by atoms with van der Waals surface area (Å²) in [7, 11) is 0. The van der Waals surface area contributed by atoms with Gasteiger partial charge < -0.3 is 10.6 Å². The van der Waals surface area contributed by atoms with Crippen LogP contribution in [0.25, 0.3) is 0 Å². The van der Waals surface area contributed by atoms with Crippen LogP contribution in [0.15, 0.2) is 48.5 Å². The van der Waals surface area contributed by atoms with Gasteiger partial charge in [-0.25, -0.2) is 0 Å². The van der Waals surface area contributed by atoms with Crippen molar-refractivity contribution in [3.05, 3.63) is 70.2 Å². The summed E-state index contributed by atoms with van der Waals surface area (Å²) in [6.07, 6.45) is 2.22. The second-order valence-corrected chi connectivity index (χ2v) is 8.32. The Bertz CT molecular complexity index is 844. The van der Waals surface area contributed by atoms with Gasteiger partial charge in [-0.3, -0.25) is 9.59 Å². The number of amides is 2. The Morgan fingerprint density at radius 2 is 1.64 bits per heavy atom. The van der Waals surface area contributed by atoms with E-state index in [9.17, 15) is 9.59 Å². The van der Waals surface area contributed by atoms with Crippen LogP contribution in [0.3, 0.4) is 0 Å². The predicted octanol–water partition coefficient (Wildman–Crippen LogP) is 4.67. The maximum atomic E-state index is 13.1. The van der Waals surface area contributed by atoms with E-state index >= 15 is 0 Å². The van der Waals surface area contributed by atoms with Crippen LogP contribution in [0, 0.1) is 18.8 Å². The zero-order chi connectivity index (χ0) is 20.3. The Labute approximate surface area is 171 Å².